The van der Waals surface area contributed by atoms with E-state index in [0.29, 0.717) is 15.8 Å². The molecule has 1 N–H and O–H groups in total. The number of carbonyl (C=O) groups is 1. The lowest BCUT2D eigenvalue weighted by molar-refractivity contribution is -0.118. The summed E-state index contributed by atoms with van der Waals surface area (Å²) in [6, 6.07) is 10.8. The van der Waals surface area contributed by atoms with Crippen molar-refractivity contribution in [2.45, 2.75) is 6.92 Å². The van der Waals surface area contributed by atoms with E-state index in [2.05, 4.69) is 27.9 Å². The number of halogens is 3. The lowest BCUT2D eigenvalue weighted by Gasteiger charge is -2.12. The molecule has 0 fully saturated rings. The Morgan fingerprint density at radius 1 is 1.29 bits per heavy atom. The Labute approximate surface area is 146 Å². The highest BCUT2D eigenvalue weighted by Crippen LogP contribution is 2.31. The molecule has 0 aliphatic heterocycles. The molecule has 0 atom stereocenters. The van der Waals surface area contributed by atoms with Crippen molar-refractivity contribution in [1.82, 2.24) is 0 Å². The Balaban J connectivity index is 2.01. The zero-order chi connectivity index (χ0) is 15.4. The summed E-state index contributed by atoms with van der Waals surface area (Å²) in [5.74, 6) is 0.225. The number of nitrogens with one attached hydrogen (secondary N) is 1. The third kappa shape index (κ3) is 4.49. The van der Waals surface area contributed by atoms with Crippen LogP contribution in [0.25, 0.3) is 0 Å². The number of benzene rings is 2. The monoisotopic (exact) mass is 435 g/mol. The number of ether oxygens (including phenoxy) is 1. The molecule has 0 aliphatic carbocycles. The fourth-order valence-corrected chi connectivity index (χ4v) is 2.93. The lowest BCUT2D eigenvalue weighted by atomic mass is 10.2. The van der Waals surface area contributed by atoms with Crippen LogP contribution in [0.2, 0.25) is 10.0 Å². The van der Waals surface area contributed by atoms with Gasteiger partial charge >= 0.3 is 0 Å². The van der Waals surface area contributed by atoms with Gasteiger partial charge in [0.2, 0.25) is 0 Å². The van der Waals surface area contributed by atoms with Crippen LogP contribution in [-0.2, 0) is 4.79 Å². The molecule has 110 valence electrons. The second-order valence-electron chi connectivity index (χ2n) is 4.35. The second kappa shape index (κ2) is 7.33. The maximum Gasteiger partial charge on any atom is 0.262 e. The number of anilines is 1. The Morgan fingerprint density at radius 2 is 2.00 bits per heavy atom. The van der Waals surface area contributed by atoms with E-state index in [-0.39, 0.29) is 12.5 Å². The quantitative estimate of drug-likeness (QED) is 0.692. The Bertz CT molecular complexity index is 653. The van der Waals surface area contributed by atoms with Gasteiger partial charge in [-0.05, 0) is 59.3 Å². The molecule has 0 aromatic heterocycles. The fraction of sp³-hybridized carbons (Fsp3) is 0.133. The van der Waals surface area contributed by atoms with Crippen LogP contribution >= 0.6 is 45.8 Å². The van der Waals surface area contributed by atoms with Crippen molar-refractivity contribution in [1.29, 1.82) is 0 Å². The van der Waals surface area contributed by atoms with Crippen molar-refractivity contribution in [3.05, 3.63) is 55.6 Å². The number of aryl methyl sites for hydroxylation is 1. The van der Waals surface area contributed by atoms with E-state index in [0.717, 1.165) is 14.8 Å². The van der Waals surface area contributed by atoms with Gasteiger partial charge in [0.1, 0.15) is 5.75 Å². The molecular weight excluding hydrogens is 424 g/mol. The van der Waals surface area contributed by atoms with E-state index in [9.17, 15) is 4.79 Å². The van der Waals surface area contributed by atoms with Crippen LogP contribution in [0, 0.1) is 10.5 Å². The maximum absolute atomic E-state index is 11.9. The van der Waals surface area contributed by atoms with E-state index in [1.807, 2.05) is 31.2 Å². The molecule has 2 aromatic carbocycles. The minimum Gasteiger partial charge on any atom is -0.482 e. The molecule has 0 spiro atoms. The van der Waals surface area contributed by atoms with Crippen molar-refractivity contribution < 1.29 is 9.53 Å². The zero-order valence-corrected chi connectivity index (χ0v) is 14.8. The molecule has 0 heterocycles. The zero-order valence-electron chi connectivity index (χ0n) is 11.1. The van der Waals surface area contributed by atoms with E-state index in [4.69, 9.17) is 27.9 Å². The third-order valence-corrected chi connectivity index (χ3v) is 4.13. The standard InChI is InChI=1S/C15H12Cl2INO2/c1-9-6-10(16)7-11(17)15(9)21-8-14(20)19-13-5-3-2-4-12(13)18/h2-7H,8H2,1H3,(H,19,20). The first-order valence-corrected chi connectivity index (χ1v) is 7.93. The number of hydrogen-bond donors (Lipinski definition) is 1. The summed E-state index contributed by atoms with van der Waals surface area (Å²) in [4.78, 5) is 11.9. The van der Waals surface area contributed by atoms with Crippen LogP contribution in [0.1, 0.15) is 5.56 Å². The second-order valence-corrected chi connectivity index (χ2v) is 6.36. The average Bonchev–Trinajstić information content (AvgIpc) is 2.40. The van der Waals surface area contributed by atoms with Crippen molar-refractivity contribution >= 4 is 57.4 Å². The van der Waals surface area contributed by atoms with Gasteiger partial charge in [-0.2, -0.15) is 0 Å². The molecular formula is C15H12Cl2INO2. The first-order valence-electron chi connectivity index (χ1n) is 6.10. The summed E-state index contributed by atoms with van der Waals surface area (Å²) in [5, 5.41) is 3.72. The normalized spacial score (nSPS) is 10.3. The lowest BCUT2D eigenvalue weighted by Crippen LogP contribution is -2.21. The molecule has 21 heavy (non-hydrogen) atoms. The maximum atomic E-state index is 11.9. The van der Waals surface area contributed by atoms with Gasteiger partial charge in [0.25, 0.3) is 5.91 Å². The summed E-state index contributed by atoms with van der Waals surface area (Å²) in [5.41, 5.74) is 1.54. The minimum absolute atomic E-state index is 0.118. The minimum atomic E-state index is -0.246. The van der Waals surface area contributed by atoms with Crippen LogP contribution in [0.4, 0.5) is 5.69 Å². The first-order chi connectivity index (χ1) is 9.97. The third-order valence-electron chi connectivity index (χ3n) is 2.69. The predicted molar refractivity (Wildman–Crippen MR) is 94.5 cm³/mol. The molecule has 1 amide bonds. The van der Waals surface area contributed by atoms with Crippen LogP contribution < -0.4 is 10.1 Å². The van der Waals surface area contributed by atoms with Gasteiger partial charge in [-0.25, -0.2) is 0 Å². The fourth-order valence-electron chi connectivity index (χ4n) is 1.76. The molecule has 2 aromatic rings. The molecule has 0 unspecified atom stereocenters. The smallest absolute Gasteiger partial charge is 0.262 e. The highest BCUT2D eigenvalue weighted by atomic mass is 127. The number of amides is 1. The Hall–Kier alpha value is -0.980. The number of rotatable bonds is 4. The molecule has 0 bridgehead atoms. The van der Waals surface area contributed by atoms with Crippen LogP contribution in [0.15, 0.2) is 36.4 Å². The molecule has 6 heteroatoms. The van der Waals surface area contributed by atoms with Crippen molar-refractivity contribution in [2.75, 3.05) is 11.9 Å². The van der Waals surface area contributed by atoms with Gasteiger partial charge in [-0.1, -0.05) is 35.3 Å². The van der Waals surface area contributed by atoms with Crippen LogP contribution in [0.5, 0.6) is 5.75 Å². The summed E-state index contributed by atoms with van der Waals surface area (Å²) in [7, 11) is 0. The number of hydrogen-bond acceptors (Lipinski definition) is 2. The predicted octanol–water partition coefficient (Wildman–Crippen LogP) is 4.92. The molecule has 0 saturated heterocycles. The van der Waals surface area contributed by atoms with Crippen LogP contribution in [0.3, 0.4) is 0 Å². The summed E-state index contributed by atoms with van der Waals surface area (Å²) < 4.78 is 6.45. The van der Waals surface area contributed by atoms with E-state index < -0.39 is 0 Å². The highest BCUT2D eigenvalue weighted by molar-refractivity contribution is 14.1. The molecule has 0 radical (unpaired) electrons. The largest absolute Gasteiger partial charge is 0.482 e. The number of para-hydroxylation sites is 1. The first kappa shape index (κ1) is 16.4. The van der Waals surface area contributed by atoms with E-state index in [1.54, 1.807) is 12.1 Å². The number of carbonyl (C=O) groups excluding carboxylic acids is 1. The van der Waals surface area contributed by atoms with Gasteiger partial charge in [-0.3, -0.25) is 4.79 Å². The molecule has 0 aliphatic rings. The summed E-state index contributed by atoms with van der Waals surface area (Å²) in [6.07, 6.45) is 0. The van der Waals surface area contributed by atoms with Crippen molar-refractivity contribution in [3.63, 3.8) is 0 Å². The molecule has 2 rings (SSSR count). The topological polar surface area (TPSA) is 38.3 Å². The van der Waals surface area contributed by atoms with Crippen molar-refractivity contribution in [2.24, 2.45) is 0 Å². The van der Waals surface area contributed by atoms with Gasteiger partial charge in [-0.15, -0.1) is 0 Å². The Kier molecular flexibility index (Phi) is 5.72. The van der Waals surface area contributed by atoms with Gasteiger partial charge in [0, 0.05) is 8.59 Å². The van der Waals surface area contributed by atoms with E-state index >= 15 is 0 Å². The molecule has 3 nitrogen and oxygen atoms in total. The summed E-state index contributed by atoms with van der Waals surface area (Å²) >= 11 is 14.1. The summed E-state index contributed by atoms with van der Waals surface area (Å²) in [6.45, 7) is 1.71. The van der Waals surface area contributed by atoms with Gasteiger partial charge in [0.15, 0.2) is 6.61 Å². The van der Waals surface area contributed by atoms with Crippen molar-refractivity contribution in [3.8, 4) is 5.75 Å². The average molecular weight is 436 g/mol. The Morgan fingerprint density at radius 3 is 2.67 bits per heavy atom. The van der Waals surface area contributed by atoms with Gasteiger partial charge < -0.3 is 10.1 Å². The van der Waals surface area contributed by atoms with Crippen LogP contribution in [-0.4, -0.2) is 12.5 Å². The van der Waals surface area contributed by atoms with E-state index in [1.165, 1.54) is 0 Å². The molecule has 0 saturated carbocycles. The highest BCUT2D eigenvalue weighted by Gasteiger charge is 2.11. The van der Waals surface area contributed by atoms with Gasteiger partial charge in [0.05, 0.1) is 10.7 Å². The SMILES string of the molecule is Cc1cc(Cl)cc(Cl)c1OCC(=O)Nc1ccccc1I.